The van der Waals surface area contributed by atoms with E-state index in [9.17, 15) is 14.0 Å². The van der Waals surface area contributed by atoms with Crippen LogP contribution >= 0.6 is 0 Å². The number of amides is 2. The van der Waals surface area contributed by atoms with E-state index < -0.39 is 23.7 Å². The molecular weight excluding hydrogens is 405 g/mol. The Hall–Kier alpha value is -2.73. The molecule has 2 aromatic rings. The van der Waals surface area contributed by atoms with E-state index in [0.29, 0.717) is 23.6 Å². The standard InChI is InChI=1S/C26H28FN3O2/c27-19-6-7-21-22(11-19)30(20-4-2-1-3-5-20)25(32)23(28)24(31)29(21)15-26-12-16-8-17(13-26)10-18(9-16)14-26/h1-7,11,16-18,23H,8-10,12-15,28H2. The van der Waals surface area contributed by atoms with Crippen molar-refractivity contribution in [3.05, 3.63) is 54.3 Å². The van der Waals surface area contributed by atoms with Gasteiger partial charge >= 0.3 is 0 Å². The average Bonchev–Trinajstić information content (AvgIpc) is 2.83. The van der Waals surface area contributed by atoms with Gasteiger partial charge < -0.3 is 10.6 Å². The third-order valence-electron chi connectivity index (χ3n) is 8.16. The van der Waals surface area contributed by atoms with Crippen LogP contribution in [0.4, 0.5) is 21.5 Å². The highest BCUT2D eigenvalue weighted by molar-refractivity contribution is 6.22. The SMILES string of the molecule is NC1C(=O)N(CC23CC4CC(CC(C4)C2)C3)c2ccc(F)cc2N(c2ccccc2)C1=O. The van der Waals surface area contributed by atoms with E-state index in [1.807, 2.05) is 18.2 Å². The molecule has 1 heterocycles. The number of hydrogen-bond acceptors (Lipinski definition) is 3. The van der Waals surface area contributed by atoms with Crippen molar-refractivity contribution in [3.63, 3.8) is 0 Å². The van der Waals surface area contributed by atoms with Gasteiger partial charge in [0.2, 0.25) is 0 Å². The van der Waals surface area contributed by atoms with Crippen LogP contribution in [0.25, 0.3) is 0 Å². The van der Waals surface area contributed by atoms with Crippen molar-refractivity contribution in [1.82, 2.24) is 0 Å². The topological polar surface area (TPSA) is 66.6 Å². The monoisotopic (exact) mass is 433 g/mol. The minimum atomic E-state index is -1.32. The second kappa shape index (κ2) is 7.14. The van der Waals surface area contributed by atoms with Crippen molar-refractivity contribution in [2.45, 2.75) is 44.6 Å². The predicted molar refractivity (Wildman–Crippen MR) is 121 cm³/mol. The first-order chi connectivity index (χ1) is 15.4. The molecule has 0 aromatic heterocycles. The fourth-order valence-electron chi connectivity index (χ4n) is 7.38. The van der Waals surface area contributed by atoms with Gasteiger partial charge in [0.05, 0.1) is 11.4 Å². The van der Waals surface area contributed by atoms with Gasteiger partial charge in [-0.05, 0) is 86.0 Å². The van der Waals surface area contributed by atoms with Crippen LogP contribution in [0, 0.1) is 29.0 Å². The number of halogens is 1. The van der Waals surface area contributed by atoms with Crippen molar-refractivity contribution in [3.8, 4) is 0 Å². The largest absolute Gasteiger partial charge is 0.312 e. The summed E-state index contributed by atoms with van der Waals surface area (Å²) in [4.78, 5) is 30.0. The maximum atomic E-state index is 14.4. The highest BCUT2D eigenvalue weighted by Gasteiger charge is 2.53. The number of nitrogens with zero attached hydrogens (tertiary/aromatic N) is 2. The molecule has 4 saturated carbocycles. The van der Waals surface area contributed by atoms with E-state index in [2.05, 4.69) is 0 Å². The van der Waals surface area contributed by atoms with Gasteiger partial charge in [-0.2, -0.15) is 0 Å². The molecular formula is C26H28FN3O2. The van der Waals surface area contributed by atoms with Gasteiger partial charge in [-0.15, -0.1) is 0 Å². The van der Waals surface area contributed by atoms with Crippen LogP contribution in [0.1, 0.15) is 38.5 Å². The highest BCUT2D eigenvalue weighted by atomic mass is 19.1. The van der Waals surface area contributed by atoms with Crippen LogP contribution < -0.4 is 15.5 Å². The summed E-state index contributed by atoms with van der Waals surface area (Å²) in [5, 5.41) is 0. The van der Waals surface area contributed by atoms with Crippen LogP contribution in [-0.4, -0.2) is 24.4 Å². The van der Waals surface area contributed by atoms with Gasteiger partial charge in [0.1, 0.15) is 5.82 Å². The molecule has 2 N–H and O–H groups in total. The summed E-state index contributed by atoms with van der Waals surface area (Å²) in [6.07, 6.45) is 7.33. The van der Waals surface area contributed by atoms with Gasteiger partial charge in [-0.1, -0.05) is 18.2 Å². The Bertz CT molecular complexity index is 1050. The maximum Gasteiger partial charge on any atom is 0.258 e. The van der Waals surface area contributed by atoms with E-state index in [0.717, 1.165) is 37.0 Å². The molecule has 166 valence electrons. The second-order valence-electron chi connectivity index (χ2n) is 10.5. The molecule has 2 amide bonds. The smallest absolute Gasteiger partial charge is 0.258 e. The first-order valence-electron chi connectivity index (χ1n) is 11.7. The lowest BCUT2D eigenvalue weighted by molar-refractivity contribution is -0.128. The zero-order valence-electron chi connectivity index (χ0n) is 18.0. The summed E-state index contributed by atoms with van der Waals surface area (Å²) in [5.74, 6) is 0.861. The lowest BCUT2D eigenvalue weighted by atomic mass is 9.49. The number of benzene rings is 2. The third kappa shape index (κ3) is 3.07. The molecule has 0 radical (unpaired) electrons. The fourth-order valence-corrected chi connectivity index (χ4v) is 7.38. The van der Waals surface area contributed by atoms with E-state index in [4.69, 9.17) is 5.73 Å². The number of anilines is 3. The fraction of sp³-hybridized carbons (Fsp3) is 0.462. The normalized spacial score (nSPS) is 33.4. The number of hydrogen-bond donors (Lipinski definition) is 1. The van der Waals surface area contributed by atoms with Crippen LogP contribution in [0.5, 0.6) is 0 Å². The Balaban J connectivity index is 1.45. The van der Waals surface area contributed by atoms with Crippen LogP contribution in [0.2, 0.25) is 0 Å². The van der Waals surface area contributed by atoms with Crippen molar-refractivity contribution in [2.24, 2.45) is 28.9 Å². The Kier molecular flexibility index (Phi) is 4.44. The summed E-state index contributed by atoms with van der Waals surface area (Å²) in [5.41, 5.74) is 7.84. The van der Waals surface area contributed by atoms with E-state index in [1.165, 1.54) is 36.3 Å². The molecule has 4 aliphatic carbocycles. The molecule has 1 unspecified atom stereocenters. The van der Waals surface area contributed by atoms with Crippen molar-refractivity contribution >= 4 is 28.9 Å². The average molecular weight is 434 g/mol. The molecule has 5 nitrogen and oxygen atoms in total. The summed E-state index contributed by atoms with van der Waals surface area (Å²) in [6, 6.07) is 12.0. The number of rotatable bonds is 3. The van der Waals surface area contributed by atoms with E-state index >= 15 is 0 Å². The summed E-state index contributed by atoms with van der Waals surface area (Å²) < 4.78 is 14.4. The van der Waals surface area contributed by atoms with Gasteiger partial charge in [0.15, 0.2) is 6.04 Å². The molecule has 4 bridgehead atoms. The van der Waals surface area contributed by atoms with Crippen molar-refractivity contribution < 1.29 is 14.0 Å². The van der Waals surface area contributed by atoms with Gasteiger partial charge in [0, 0.05) is 18.3 Å². The molecule has 0 saturated heterocycles. The Labute approximate surface area is 187 Å². The summed E-state index contributed by atoms with van der Waals surface area (Å²) in [7, 11) is 0. The van der Waals surface area contributed by atoms with Crippen molar-refractivity contribution in [1.29, 1.82) is 0 Å². The van der Waals surface area contributed by atoms with Gasteiger partial charge in [-0.25, -0.2) is 4.39 Å². The molecule has 1 aliphatic heterocycles. The molecule has 7 rings (SSSR count). The van der Waals surface area contributed by atoms with E-state index in [-0.39, 0.29) is 5.41 Å². The number of carbonyl (C=O) groups is 2. The van der Waals surface area contributed by atoms with Crippen LogP contribution in [0.15, 0.2) is 48.5 Å². The minimum Gasteiger partial charge on any atom is -0.312 e. The lowest BCUT2D eigenvalue weighted by Crippen LogP contribution is -2.56. The van der Waals surface area contributed by atoms with Crippen LogP contribution in [0.3, 0.4) is 0 Å². The molecule has 5 aliphatic rings. The number of fused-ring (bicyclic) bond motifs is 1. The molecule has 1 atom stereocenters. The summed E-state index contributed by atoms with van der Waals surface area (Å²) >= 11 is 0. The maximum absolute atomic E-state index is 14.4. The number of nitrogens with two attached hydrogens (primary N) is 1. The van der Waals surface area contributed by atoms with E-state index in [1.54, 1.807) is 23.1 Å². The molecule has 6 heteroatoms. The highest BCUT2D eigenvalue weighted by Crippen LogP contribution is 2.60. The zero-order valence-corrected chi connectivity index (χ0v) is 18.0. The first kappa shape index (κ1) is 19.9. The van der Waals surface area contributed by atoms with Crippen molar-refractivity contribution in [2.75, 3.05) is 16.3 Å². The molecule has 4 fully saturated rings. The third-order valence-corrected chi connectivity index (χ3v) is 8.16. The van der Waals surface area contributed by atoms with Gasteiger partial charge in [0.25, 0.3) is 11.8 Å². The lowest BCUT2D eigenvalue weighted by Gasteiger charge is -2.57. The first-order valence-corrected chi connectivity index (χ1v) is 11.7. The zero-order chi connectivity index (χ0) is 22.0. The summed E-state index contributed by atoms with van der Waals surface area (Å²) in [6.45, 7) is 0.553. The Morgan fingerprint density at radius 1 is 0.875 bits per heavy atom. The molecule has 0 spiro atoms. The molecule has 2 aromatic carbocycles. The van der Waals surface area contributed by atoms with Gasteiger partial charge in [-0.3, -0.25) is 14.5 Å². The quantitative estimate of drug-likeness (QED) is 0.731. The Morgan fingerprint density at radius 3 is 2.12 bits per heavy atom. The minimum absolute atomic E-state index is 0.0702. The number of para-hydroxylation sites is 1. The molecule has 32 heavy (non-hydrogen) atoms. The van der Waals surface area contributed by atoms with Crippen LogP contribution in [-0.2, 0) is 9.59 Å². The Morgan fingerprint density at radius 2 is 1.50 bits per heavy atom. The second-order valence-corrected chi connectivity index (χ2v) is 10.5. The number of carbonyl (C=O) groups excluding carboxylic acids is 2. The predicted octanol–water partition coefficient (Wildman–Crippen LogP) is 4.38.